The van der Waals surface area contributed by atoms with E-state index in [9.17, 15) is 4.79 Å². The predicted octanol–water partition coefficient (Wildman–Crippen LogP) is 6.12. The summed E-state index contributed by atoms with van der Waals surface area (Å²) in [5.74, 6) is 11.5. The van der Waals surface area contributed by atoms with E-state index in [0.717, 1.165) is 57.8 Å². The number of hydrogen-bond acceptors (Lipinski definition) is 1. The van der Waals surface area contributed by atoms with Crippen molar-refractivity contribution >= 4 is 17.4 Å². The van der Waals surface area contributed by atoms with Gasteiger partial charge in [-0.3, -0.25) is 4.79 Å². The second kappa shape index (κ2) is 14.4. The van der Waals surface area contributed by atoms with Crippen LogP contribution in [0.25, 0.3) is 0 Å². The summed E-state index contributed by atoms with van der Waals surface area (Å²) in [5.41, 5.74) is 0. The number of unbranched alkanes of at least 4 members (excludes halogenated alkanes) is 3. The van der Waals surface area contributed by atoms with Crippen molar-refractivity contribution in [3.8, 4) is 23.7 Å². The third-order valence-corrected chi connectivity index (χ3v) is 4.01. The Balaban J connectivity index is 5.03. The van der Waals surface area contributed by atoms with E-state index in [0.29, 0.717) is 5.78 Å². The molecule has 0 aliphatic heterocycles. The van der Waals surface area contributed by atoms with Crippen molar-refractivity contribution in [2.45, 2.75) is 78.6 Å². The van der Waals surface area contributed by atoms with Gasteiger partial charge in [0.1, 0.15) is 0 Å². The molecule has 0 spiro atoms. The number of ketones is 1. The van der Waals surface area contributed by atoms with Gasteiger partial charge in [-0.15, -0.1) is 0 Å². The van der Waals surface area contributed by atoms with E-state index in [-0.39, 0.29) is 16.9 Å². The third-order valence-electron chi connectivity index (χ3n) is 3.91. The van der Waals surface area contributed by atoms with Gasteiger partial charge in [0.05, 0.1) is 11.0 Å². The van der Waals surface area contributed by atoms with Crippen LogP contribution < -0.4 is 0 Å². The molecule has 0 aromatic rings. The first kappa shape index (κ1) is 21.8. The van der Waals surface area contributed by atoms with E-state index in [2.05, 4.69) is 51.0 Å². The zero-order valence-corrected chi connectivity index (χ0v) is 15.8. The van der Waals surface area contributed by atoms with Crippen molar-refractivity contribution in [1.82, 2.24) is 0 Å². The Labute approximate surface area is 148 Å². The molecule has 0 bridgehead atoms. The molecule has 0 radical (unpaired) electrons. The molecule has 0 aliphatic carbocycles. The zero-order chi connectivity index (χ0) is 17.5. The van der Waals surface area contributed by atoms with Crippen LogP contribution in [-0.2, 0) is 4.79 Å². The highest BCUT2D eigenvalue weighted by molar-refractivity contribution is 6.31. The smallest absolute Gasteiger partial charge is 0.150 e. The number of hydrogen-bond donors (Lipinski definition) is 0. The minimum atomic E-state index is -0.188. The molecule has 1 nitrogen and oxygen atoms in total. The second-order valence-electron chi connectivity index (χ2n) is 6.00. The topological polar surface area (TPSA) is 17.1 Å². The number of rotatable bonds is 11. The molecule has 0 fully saturated rings. The minimum Gasteiger partial charge on any atom is -0.298 e. The summed E-state index contributed by atoms with van der Waals surface area (Å²) >= 11 is 5.60. The van der Waals surface area contributed by atoms with Crippen LogP contribution in [0.3, 0.4) is 0 Å². The maximum Gasteiger partial charge on any atom is 0.150 e. The van der Waals surface area contributed by atoms with Crippen LogP contribution >= 0.6 is 11.6 Å². The quantitative estimate of drug-likeness (QED) is 0.416. The van der Waals surface area contributed by atoms with E-state index in [1.165, 1.54) is 0 Å². The fourth-order valence-corrected chi connectivity index (χ4v) is 2.58. The molecule has 0 saturated heterocycles. The highest BCUT2D eigenvalue weighted by Gasteiger charge is 2.24. The molecule has 23 heavy (non-hydrogen) atoms. The summed E-state index contributed by atoms with van der Waals surface area (Å²) in [5, 5.41) is 0.277. The van der Waals surface area contributed by atoms with Crippen molar-refractivity contribution in [2.75, 3.05) is 0 Å². The van der Waals surface area contributed by atoms with Gasteiger partial charge >= 0.3 is 0 Å². The number of carbonyl (C=O) groups is 1. The Hall–Kier alpha value is -1.18. The number of allylic oxidation sites excluding steroid dienone is 1. The lowest BCUT2D eigenvalue weighted by atomic mass is 9.83. The number of carbonyl (C=O) groups excluding carboxylic acids is 1. The molecule has 0 amide bonds. The molecule has 0 aromatic carbocycles. The normalized spacial score (nSPS) is 11.2. The van der Waals surface area contributed by atoms with Crippen LogP contribution in [0.4, 0.5) is 0 Å². The lowest BCUT2D eigenvalue weighted by Gasteiger charge is -2.19. The summed E-state index contributed by atoms with van der Waals surface area (Å²) in [7, 11) is 0. The molecular weight excluding hydrogens is 304 g/mol. The average Bonchev–Trinajstić information content (AvgIpc) is 2.53. The Morgan fingerprint density at radius 2 is 1.48 bits per heavy atom. The minimum absolute atomic E-state index is 0.155. The van der Waals surface area contributed by atoms with Gasteiger partial charge in [-0.05, 0) is 37.0 Å². The van der Waals surface area contributed by atoms with E-state index in [4.69, 9.17) is 11.6 Å². The van der Waals surface area contributed by atoms with Crippen LogP contribution in [0.15, 0.2) is 11.6 Å². The summed E-state index contributed by atoms with van der Waals surface area (Å²) in [4.78, 5) is 12.9. The highest BCUT2D eigenvalue weighted by atomic mass is 35.5. The van der Waals surface area contributed by atoms with Crippen molar-refractivity contribution in [2.24, 2.45) is 11.8 Å². The maximum absolute atomic E-state index is 12.9. The number of Topliss-reactive ketones (excluding diaryl/α,β-unsaturated/α-hetero) is 1. The molecule has 0 N–H and O–H groups in total. The summed E-state index contributed by atoms with van der Waals surface area (Å²) in [6, 6.07) is 0. The monoisotopic (exact) mass is 334 g/mol. The Kier molecular flexibility index (Phi) is 13.7. The van der Waals surface area contributed by atoms with Crippen LogP contribution in [-0.4, -0.2) is 5.78 Å². The van der Waals surface area contributed by atoms with E-state index >= 15 is 0 Å². The molecule has 0 aromatic heterocycles. The first-order chi connectivity index (χ1) is 11.1. The second-order valence-corrected chi connectivity index (χ2v) is 6.46. The summed E-state index contributed by atoms with van der Waals surface area (Å²) in [6.07, 6.45) is 9.39. The first-order valence-corrected chi connectivity index (χ1v) is 9.34. The Morgan fingerprint density at radius 1 is 0.957 bits per heavy atom. The van der Waals surface area contributed by atoms with Gasteiger partial charge in [-0.25, -0.2) is 0 Å². The SMILES string of the molecule is C=C(Cl)C#CC#CC(CCCC)C(=O)C(CCCC)CCCC. The molecule has 0 saturated carbocycles. The van der Waals surface area contributed by atoms with Crippen molar-refractivity contribution in [1.29, 1.82) is 0 Å². The van der Waals surface area contributed by atoms with Gasteiger partial charge in [-0.1, -0.05) is 83.4 Å². The van der Waals surface area contributed by atoms with Crippen LogP contribution in [0.1, 0.15) is 78.6 Å². The fourth-order valence-electron chi connectivity index (χ4n) is 2.53. The lowest BCUT2D eigenvalue weighted by Crippen LogP contribution is -2.23. The van der Waals surface area contributed by atoms with Crippen molar-refractivity contribution < 1.29 is 4.79 Å². The molecule has 0 aliphatic rings. The van der Waals surface area contributed by atoms with E-state index in [1.807, 2.05) is 0 Å². The van der Waals surface area contributed by atoms with E-state index < -0.39 is 0 Å². The summed E-state index contributed by atoms with van der Waals surface area (Å²) in [6.45, 7) is 9.99. The zero-order valence-electron chi connectivity index (χ0n) is 15.0. The molecule has 0 heterocycles. The largest absolute Gasteiger partial charge is 0.298 e. The van der Waals surface area contributed by atoms with Crippen molar-refractivity contribution in [3.05, 3.63) is 11.6 Å². The molecule has 0 rings (SSSR count). The van der Waals surface area contributed by atoms with Gasteiger partial charge in [0.15, 0.2) is 5.78 Å². The van der Waals surface area contributed by atoms with Crippen LogP contribution in [0.2, 0.25) is 0 Å². The highest BCUT2D eigenvalue weighted by Crippen LogP contribution is 2.23. The Morgan fingerprint density at radius 3 is 1.96 bits per heavy atom. The van der Waals surface area contributed by atoms with E-state index in [1.54, 1.807) is 0 Å². The van der Waals surface area contributed by atoms with Crippen LogP contribution in [0.5, 0.6) is 0 Å². The van der Waals surface area contributed by atoms with Gasteiger partial charge in [0.25, 0.3) is 0 Å². The van der Waals surface area contributed by atoms with Crippen LogP contribution in [0, 0.1) is 35.5 Å². The average molecular weight is 335 g/mol. The van der Waals surface area contributed by atoms with Gasteiger partial charge in [-0.2, -0.15) is 0 Å². The first-order valence-electron chi connectivity index (χ1n) is 8.96. The van der Waals surface area contributed by atoms with Gasteiger partial charge < -0.3 is 0 Å². The molecule has 128 valence electrons. The summed E-state index contributed by atoms with van der Waals surface area (Å²) < 4.78 is 0. The molecular formula is C21H31ClO. The fraction of sp³-hybridized carbons (Fsp3) is 0.667. The third kappa shape index (κ3) is 11.1. The molecule has 2 heteroatoms. The maximum atomic E-state index is 12.9. The lowest BCUT2D eigenvalue weighted by molar-refractivity contribution is -0.125. The van der Waals surface area contributed by atoms with Gasteiger partial charge in [0, 0.05) is 5.92 Å². The standard InChI is InChI=1S/C21H31ClO/c1-5-8-14-19(15-9-6-2)21(23)20(16-10-7-3)17-12-11-13-18(4)22/h19-20H,4-10,14-16H2,1-3H3. The molecule has 1 unspecified atom stereocenters. The van der Waals surface area contributed by atoms with Crippen molar-refractivity contribution in [3.63, 3.8) is 0 Å². The Bertz CT molecular complexity index is 462. The predicted molar refractivity (Wildman–Crippen MR) is 101 cm³/mol. The number of halogens is 1. The molecule has 1 atom stereocenters. The van der Waals surface area contributed by atoms with Gasteiger partial charge in [0.2, 0.25) is 0 Å².